The molecule has 1 aromatic carbocycles. The minimum Gasteiger partial charge on any atom is -0.497 e. The summed E-state index contributed by atoms with van der Waals surface area (Å²) in [5, 5.41) is 0. The van der Waals surface area contributed by atoms with E-state index in [1.54, 1.807) is 7.11 Å². The summed E-state index contributed by atoms with van der Waals surface area (Å²) >= 11 is 1.19. The molecular weight excluding hydrogens is 310 g/mol. The highest BCUT2D eigenvalue weighted by Gasteiger charge is 2.26. The van der Waals surface area contributed by atoms with E-state index in [1.807, 2.05) is 29.2 Å². The molecule has 2 N–H and O–H groups in total. The third-order valence-electron chi connectivity index (χ3n) is 4.36. The number of piperidine rings is 1. The summed E-state index contributed by atoms with van der Waals surface area (Å²) in [5.74, 6) is 1.47. The lowest BCUT2D eigenvalue weighted by Gasteiger charge is -2.29. The van der Waals surface area contributed by atoms with E-state index in [0.29, 0.717) is 22.2 Å². The van der Waals surface area contributed by atoms with Gasteiger partial charge in [-0.25, -0.2) is 0 Å². The molecule has 2 aromatic rings. The van der Waals surface area contributed by atoms with E-state index in [0.717, 1.165) is 37.2 Å². The number of amides is 1. The second-order valence-electron chi connectivity index (χ2n) is 5.98. The Labute approximate surface area is 140 Å². The number of methoxy groups -OCH3 is 1. The Morgan fingerprint density at radius 3 is 2.57 bits per heavy atom. The quantitative estimate of drug-likeness (QED) is 0.937. The largest absolute Gasteiger partial charge is 0.497 e. The lowest BCUT2D eigenvalue weighted by Crippen LogP contribution is -2.37. The zero-order valence-corrected chi connectivity index (χ0v) is 14.2. The number of carbonyl (C=O) groups excluding carboxylic acids is 1. The third-order valence-corrected chi connectivity index (χ3v) is 5.21. The van der Waals surface area contributed by atoms with Crippen LogP contribution in [0, 0.1) is 5.92 Å². The van der Waals surface area contributed by atoms with Crippen LogP contribution in [0.15, 0.2) is 24.3 Å². The molecule has 6 heteroatoms. The maximum atomic E-state index is 12.7. The van der Waals surface area contributed by atoms with Gasteiger partial charge < -0.3 is 15.4 Å². The first-order valence-corrected chi connectivity index (χ1v) is 8.56. The molecule has 0 saturated carbocycles. The second-order valence-corrected chi connectivity index (χ2v) is 6.75. The Hall–Kier alpha value is -2.08. The number of carbonyl (C=O) groups is 1. The molecule has 3 rings (SSSR count). The van der Waals surface area contributed by atoms with Crippen LogP contribution in [-0.2, 0) is 0 Å². The Morgan fingerprint density at radius 1 is 1.30 bits per heavy atom. The van der Waals surface area contributed by atoms with Gasteiger partial charge in [0.25, 0.3) is 5.91 Å². The minimum absolute atomic E-state index is 0.00617. The number of benzene rings is 1. The average Bonchev–Trinajstić information content (AvgIpc) is 2.96. The number of hydrogen-bond acceptors (Lipinski definition) is 5. The summed E-state index contributed by atoms with van der Waals surface area (Å²) in [7, 11) is 1.63. The van der Waals surface area contributed by atoms with Gasteiger partial charge in [0, 0.05) is 18.7 Å². The Morgan fingerprint density at radius 2 is 1.96 bits per heavy atom. The molecule has 0 unspecified atom stereocenters. The fraction of sp³-hybridized carbons (Fsp3) is 0.412. The molecule has 0 atom stereocenters. The van der Waals surface area contributed by atoms with Gasteiger partial charge in [-0.1, -0.05) is 6.92 Å². The predicted molar refractivity (Wildman–Crippen MR) is 92.8 cm³/mol. The van der Waals surface area contributed by atoms with Gasteiger partial charge in [0.15, 0.2) is 0 Å². The number of anilines is 1. The van der Waals surface area contributed by atoms with Gasteiger partial charge in [-0.15, -0.1) is 0 Å². The second kappa shape index (κ2) is 6.58. The summed E-state index contributed by atoms with van der Waals surface area (Å²) in [6, 6.07) is 7.53. The molecule has 1 saturated heterocycles. The van der Waals surface area contributed by atoms with E-state index in [4.69, 9.17) is 10.5 Å². The number of hydrogen-bond donors (Lipinski definition) is 1. The topological polar surface area (TPSA) is 68.5 Å². The molecule has 0 bridgehead atoms. The highest BCUT2D eigenvalue weighted by atomic mass is 32.1. The first kappa shape index (κ1) is 15.8. The summed E-state index contributed by atoms with van der Waals surface area (Å²) in [4.78, 5) is 15.1. The van der Waals surface area contributed by atoms with Crippen molar-refractivity contribution in [2.24, 2.45) is 5.92 Å². The molecule has 0 aliphatic carbocycles. The maximum absolute atomic E-state index is 12.7. The molecule has 1 aromatic heterocycles. The molecule has 1 amide bonds. The van der Waals surface area contributed by atoms with Crippen LogP contribution < -0.4 is 10.5 Å². The van der Waals surface area contributed by atoms with Crippen LogP contribution in [0.5, 0.6) is 5.75 Å². The first-order valence-electron chi connectivity index (χ1n) is 7.79. The molecule has 0 spiro atoms. The van der Waals surface area contributed by atoms with E-state index in [-0.39, 0.29) is 5.91 Å². The van der Waals surface area contributed by atoms with E-state index >= 15 is 0 Å². The Bertz CT molecular complexity index is 688. The monoisotopic (exact) mass is 331 g/mol. The van der Waals surface area contributed by atoms with Gasteiger partial charge in [0.05, 0.1) is 12.8 Å². The normalized spacial score (nSPS) is 15.7. The number of nitrogens with zero attached hydrogens (tertiary/aromatic N) is 2. The van der Waals surface area contributed by atoms with Crippen molar-refractivity contribution in [1.82, 2.24) is 9.27 Å². The van der Waals surface area contributed by atoms with Crippen molar-refractivity contribution in [2.75, 3.05) is 25.9 Å². The number of likely N-dealkylation sites (tertiary alicyclic amines) is 1. The van der Waals surface area contributed by atoms with Crippen molar-refractivity contribution in [3.05, 3.63) is 29.1 Å². The number of ether oxygens (including phenoxy) is 1. The van der Waals surface area contributed by atoms with Crippen LogP contribution in [0.2, 0.25) is 0 Å². The van der Waals surface area contributed by atoms with Gasteiger partial charge in [-0.2, -0.15) is 4.37 Å². The van der Waals surface area contributed by atoms with Gasteiger partial charge in [-0.3, -0.25) is 4.79 Å². The lowest BCUT2D eigenvalue weighted by atomic mass is 9.99. The fourth-order valence-corrected chi connectivity index (χ4v) is 3.55. The molecule has 5 nitrogen and oxygen atoms in total. The molecule has 0 radical (unpaired) electrons. The Balaban J connectivity index is 1.82. The molecular formula is C17H21N3O2S. The van der Waals surface area contributed by atoms with E-state index in [2.05, 4.69) is 11.3 Å². The van der Waals surface area contributed by atoms with E-state index in [1.165, 1.54) is 11.5 Å². The lowest BCUT2D eigenvalue weighted by molar-refractivity contribution is 0.0703. The summed E-state index contributed by atoms with van der Waals surface area (Å²) < 4.78 is 9.56. The highest BCUT2D eigenvalue weighted by molar-refractivity contribution is 7.09. The Kier molecular flexibility index (Phi) is 4.52. The average molecular weight is 331 g/mol. The van der Waals surface area contributed by atoms with Crippen LogP contribution in [0.25, 0.3) is 11.3 Å². The van der Waals surface area contributed by atoms with Crippen molar-refractivity contribution in [1.29, 1.82) is 0 Å². The summed E-state index contributed by atoms with van der Waals surface area (Å²) in [6.07, 6.45) is 2.10. The van der Waals surface area contributed by atoms with Gasteiger partial charge in [0.2, 0.25) is 0 Å². The van der Waals surface area contributed by atoms with Crippen LogP contribution in [0.4, 0.5) is 5.69 Å². The van der Waals surface area contributed by atoms with Crippen molar-refractivity contribution in [2.45, 2.75) is 19.8 Å². The maximum Gasteiger partial charge on any atom is 0.267 e. The van der Waals surface area contributed by atoms with Crippen molar-refractivity contribution < 1.29 is 9.53 Å². The van der Waals surface area contributed by atoms with Crippen LogP contribution in [0.3, 0.4) is 0 Å². The number of nitrogen functional groups attached to an aromatic ring is 1. The molecule has 122 valence electrons. The predicted octanol–water partition coefficient (Wildman–Crippen LogP) is 3.27. The van der Waals surface area contributed by atoms with Gasteiger partial charge in [-0.05, 0) is 54.6 Å². The molecule has 1 fully saturated rings. The molecule has 23 heavy (non-hydrogen) atoms. The minimum atomic E-state index is 0.00617. The number of nitrogens with two attached hydrogens (primary N) is 1. The van der Waals surface area contributed by atoms with Crippen LogP contribution in [0.1, 0.15) is 29.4 Å². The number of rotatable bonds is 3. The fourth-order valence-electron chi connectivity index (χ4n) is 2.76. The standard InChI is InChI=1S/C17H21N3O2S/c1-11-7-9-20(10-8-11)17(21)16-14(18)15(19-23-16)12-3-5-13(22-2)6-4-12/h3-6,11H,7-10,18H2,1-2H3. The molecule has 2 heterocycles. The van der Waals surface area contributed by atoms with Crippen molar-refractivity contribution in [3.63, 3.8) is 0 Å². The SMILES string of the molecule is COc1ccc(-c2nsc(C(=O)N3CCC(C)CC3)c2N)cc1. The third kappa shape index (κ3) is 3.17. The first-order chi connectivity index (χ1) is 11.1. The molecule has 1 aliphatic rings. The van der Waals surface area contributed by atoms with Crippen LogP contribution in [-0.4, -0.2) is 35.4 Å². The van der Waals surface area contributed by atoms with E-state index < -0.39 is 0 Å². The van der Waals surface area contributed by atoms with Crippen molar-refractivity contribution in [3.8, 4) is 17.0 Å². The van der Waals surface area contributed by atoms with Crippen LogP contribution >= 0.6 is 11.5 Å². The smallest absolute Gasteiger partial charge is 0.267 e. The number of aromatic nitrogens is 1. The van der Waals surface area contributed by atoms with Gasteiger partial charge >= 0.3 is 0 Å². The zero-order chi connectivity index (χ0) is 16.4. The zero-order valence-electron chi connectivity index (χ0n) is 13.4. The van der Waals surface area contributed by atoms with E-state index in [9.17, 15) is 4.79 Å². The molecule has 1 aliphatic heterocycles. The highest BCUT2D eigenvalue weighted by Crippen LogP contribution is 2.33. The summed E-state index contributed by atoms with van der Waals surface area (Å²) in [6.45, 7) is 3.83. The summed E-state index contributed by atoms with van der Waals surface area (Å²) in [5.41, 5.74) is 8.25. The van der Waals surface area contributed by atoms with Crippen molar-refractivity contribution >= 4 is 23.1 Å². The van der Waals surface area contributed by atoms with Gasteiger partial charge in [0.1, 0.15) is 16.3 Å².